The molecule has 1 aliphatic heterocycles. The van der Waals surface area contributed by atoms with E-state index in [2.05, 4.69) is 15.0 Å². The quantitative estimate of drug-likeness (QED) is 0.524. The first kappa shape index (κ1) is 21.3. The fraction of sp³-hybridized carbons (Fsp3) is 0.348. The molecule has 4 rings (SSSR count). The molecule has 3 aromatic rings. The summed E-state index contributed by atoms with van der Waals surface area (Å²) >= 11 is 1.62. The van der Waals surface area contributed by atoms with Gasteiger partial charge in [-0.25, -0.2) is 4.98 Å². The molecule has 7 nitrogen and oxygen atoms in total. The summed E-state index contributed by atoms with van der Waals surface area (Å²) in [6.07, 6.45) is 3.49. The summed E-state index contributed by atoms with van der Waals surface area (Å²) in [6, 6.07) is 9.67. The predicted octanol–water partition coefficient (Wildman–Crippen LogP) is 3.68. The van der Waals surface area contributed by atoms with Crippen molar-refractivity contribution in [2.45, 2.75) is 27.0 Å². The second-order valence-corrected chi connectivity index (χ2v) is 8.65. The van der Waals surface area contributed by atoms with Gasteiger partial charge in [-0.1, -0.05) is 17.3 Å². The van der Waals surface area contributed by atoms with E-state index in [1.54, 1.807) is 17.4 Å². The minimum absolute atomic E-state index is 0.0365. The standard InChI is InChI=1S/C23H26N4O3S/c1-17-13-22(30-25-17)14-26-9-11-27(12-10-26)23(28)8-5-19-3-6-21(7-4-19)29-15-20-16-31-18(2)24-20/h3-8,13,16H,9-12,14-15H2,1-2H3/b8-5+. The van der Waals surface area contributed by atoms with Gasteiger partial charge >= 0.3 is 0 Å². The van der Waals surface area contributed by atoms with Crippen LogP contribution in [0.1, 0.15) is 27.7 Å². The Morgan fingerprint density at radius 3 is 2.61 bits per heavy atom. The van der Waals surface area contributed by atoms with E-state index in [0.29, 0.717) is 19.7 Å². The van der Waals surface area contributed by atoms with Gasteiger partial charge in [0.15, 0.2) is 5.76 Å². The van der Waals surface area contributed by atoms with Crippen molar-refractivity contribution >= 4 is 23.3 Å². The molecule has 1 aliphatic rings. The Morgan fingerprint density at radius 2 is 1.97 bits per heavy atom. The number of carbonyl (C=O) groups is 1. The number of amides is 1. The lowest BCUT2D eigenvalue weighted by atomic mass is 10.2. The normalized spacial score (nSPS) is 15.0. The van der Waals surface area contributed by atoms with Crippen LogP contribution >= 0.6 is 11.3 Å². The number of piperazine rings is 1. The molecule has 1 saturated heterocycles. The number of hydrogen-bond donors (Lipinski definition) is 0. The molecule has 0 atom stereocenters. The van der Waals surface area contributed by atoms with E-state index in [1.165, 1.54) is 0 Å². The summed E-state index contributed by atoms with van der Waals surface area (Å²) in [6.45, 7) is 8.15. The van der Waals surface area contributed by atoms with Gasteiger partial charge in [-0.05, 0) is 37.6 Å². The second-order valence-electron chi connectivity index (χ2n) is 7.58. The van der Waals surface area contributed by atoms with Crippen LogP contribution in [0.25, 0.3) is 6.08 Å². The number of benzene rings is 1. The van der Waals surface area contributed by atoms with E-state index in [-0.39, 0.29) is 5.91 Å². The van der Waals surface area contributed by atoms with E-state index < -0.39 is 0 Å². The third-order valence-electron chi connectivity index (χ3n) is 5.09. The highest BCUT2D eigenvalue weighted by atomic mass is 32.1. The van der Waals surface area contributed by atoms with Crippen molar-refractivity contribution in [2.75, 3.05) is 26.2 Å². The summed E-state index contributed by atoms with van der Waals surface area (Å²) in [5.74, 6) is 1.69. The highest BCUT2D eigenvalue weighted by molar-refractivity contribution is 7.09. The van der Waals surface area contributed by atoms with Gasteiger partial charge in [0, 0.05) is 43.7 Å². The van der Waals surface area contributed by atoms with Crippen molar-refractivity contribution in [3.05, 3.63) is 69.5 Å². The van der Waals surface area contributed by atoms with Gasteiger partial charge in [0.05, 0.1) is 22.9 Å². The van der Waals surface area contributed by atoms with Crippen LogP contribution < -0.4 is 4.74 Å². The van der Waals surface area contributed by atoms with E-state index >= 15 is 0 Å². The lowest BCUT2D eigenvalue weighted by Crippen LogP contribution is -2.47. The smallest absolute Gasteiger partial charge is 0.246 e. The van der Waals surface area contributed by atoms with Gasteiger partial charge in [0.2, 0.25) is 5.91 Å². The number of aromatic nitrogens is 2. The molecule has 162 valence electrons. The maximum Gasteiger partial charge on any atom is 0.246 e. The van der Waals surface area contributed by atoms with E-state index in [0.717, 1.165) is 53.1 Å². The summed E-state index contributed by atoms with van der Waals surface area (Å²) in [5, 5.41) is 6.97. The number of carbonyl (C=O) groups excluding carboxylic acids is 1. The van der Waals surface area contributed by atoms with Crippen LogP contribution in [-0.4, -0.2) is 52.0 Å². The topological polar surface area (TPSA) is 71.7 Å². The molecular weight excluding hydrogens is 412 g/mol. The van der Waals surface area contributed by atoms with Gasteiger partial charge in [-0.3, -0.25) is 9.69 Å². The summed E-state index contributed by atoms with van der Waals surface area (Å²) in [7, 11) is 0. The van der Waals surface area contributed by atoms with Crippen molar-refractivity contribution in [1.82, 2.24) is 19.9 Å². The molecule has 0 aliphatic carbocycles. The Hall–Kier alpha value is -2.97. The van der Waals surface area contributed by atoms with Gasteiger partial charge in [-0.15, -0.1) is 11.3 Å². The highest BCUT2D eigenvalue weighted by Crippen LogP contribution is 2.16. The lowest BCUT2D eigenvalue weighted by molar-refractivity contribution is -0.127. The van der Waals surface area contributed by atoms with E-state index in [9.17, 15) is 4.79 Å². The van der Waals surface area contributed by atoms with Crippen LogP contribution in [0, 0.1) is 13.8 Å². The van der Waals surface area contributed by atoms with Gasteiger partial charge in [-0.2, -0.15) is 0 Å². The third-order valence-corrected chi connectivity index (χ3v) is 5.91. The monoisotopic (exact) mass is 438 g/mol. The van der Waals surface area contributed by atoms with Gasteiger partial charge in [0.25, 0.3) is 0 Å². The fourth-order valence-corrected chi connectivity index (χ4v) is 4.01. The third kappa shape index (κ3) is 6.02. The minimum atomic E-state index is 0.0365. The average molecular weight is 439 g/mol. The molecule has 3 heterocycles. The highest BCUT2D eigenvalue weighted by Gasteiger charge is 2.20. The molecule has 0 radical (unpaired) electrons. The zero-order valence-electron chi connectivity index (χ0n) is 17.8. The molecule has 0 bridgehead atoms. The van der Waals surface area contributed by atoms with Crippen LogP contribution in [0.2, 0.25) is 0 Å². The predicted molar refractivity (Wildman–Crippen MR) is 120 cm³/mol. The Labute approximate surface area is 185 Å². The molecular formula is C23H26N4O3S. The maximum absolute atomic E-state index is 12.5. The van der Waals surface area contributed by atoms with Crippen LogP contribution in [0.15, 0.2) is 46.3 Å². The van der Waals surface area contributed by atoms with Crippen molar-refractivity contribution in [1.29, 1.82) is 0 Å². The van der Waals surface area contributed by atoms with Gasteiger partial charge in [0.1, 0.15) is 12.4 Å². The number of aryl methyl sites for hydroxylation is 2. The lowest BCUT2D eigenvalue weighted by Gasteiger charge is -2.33. The Morgan fingerprint density at radius 1 is 1.19 bits per heavy atom. The first-order valence-electron chi connectivity index (χ1n) is 10.3. The number of thiazole rings is 1. The van der Waals surface area contributed by atoms with Crippen LogP contribution in [0.5, 0.6) is 5.75 Å². The fourth-order valence-electron chi connectivity index (χ4n) is 3.42. The number of hydrogen-bond acceptors (Lipinski definition) is 7. The second kappa shape index (κ2) is 9.89. The van der Waals surface area contributed by atoms with Crippen molar-refractivity contribution in [2.24, 2.45) is 0 Å². The zero-order chi connectivity index (χ0) is 21.6. The summed E-state index contributed by atoms with van der Waals surface area (Å²) in [5.41, 5.74) is 2.79. The summed E-state index contributed by atoms with van der Waals surface area (Å²) in [4.78, 5) is 21.1. The van der Waals surface area contributed by atoms with Crippen molar-refractivity contribution < 1.29 is 14.1 Å². The van der Waals surface area contributed by atoms with E-state index in [1.807, 2.05) is 60.5 Å². The Bertz CT molecular complexity index is 1030. The SMILES string of the molecule is Cc1cc(CN2CCN(C(=O)/C=C/c3ccc(OCc4csc(C)n4)cc3)CC2)on1. The van der Waals surface area contributed by atoms with Crippen LogP contribution in [0.3, 0.4) is 0 Å². The largest absolute Gasteiger partial charge is 0.487 e. The van der Waals surface area contributed by atoms with Crippen molar-refractivity contribution in [3.63, 3.8) is 0 Å². The first-order chi connectivity index (χ1) is 15.0. The molecule has 8 heteroatoms. The molecule has 0 unspecified atom stereocenters. The molecule has 2 aromatic heterocycles. The van der Waals surface area contributed by atoms with Gasteiger partial charge < -0.3 is 14.2 Å². The molecule has 1 fully saturated rings. The molecule has 0 saturated carbocycles. The number of rotatable bonds is 7. The van der Waals surface area contributed by atoms with E-state index in [4.69, 9.17) is 9.26 Å². The molecule has 1 aromatic carbocycles. The Balaban J connectivity index is 1.22. The van der Waals surface area contributed by atoms with Crippen LogP contribution in [0.4, 0.5) is 0 Å². The maximum atomic E-state index is 12.5. The number of ether oxygens (including phenoxy) is 1. The van der Waals surface area contributed by atoms with Crippen molar-refractivity contribution in [3.8, 4) is 5.75 Å². The average Bonchev–Trinajstić information content (AvgIpc) is 3.39. The molecule has 31 heavy (non-hydrogen) atoms. The summed E-state index contributed by atoms with van der Waals surface area (Å²) < 4.78 is 11.0. The zero-order valence-corrected chi connectivity index (χ0v) is 18.6. The first-order valence-corrected chi connectivity index (χ1v) is 11.2. The Kier molecular flexibility index (Phi) is 6.79. The molecule has 0 N–H and O–H groups in total. The molecule has 1 amide bonds. The minimum Gasteiger partial charge on any atom is -0.487 e. The van der Waals surface area contributed by atoms with Crippen LogP contribution in [-0.2, 0) is 17.9 Å². The number of nitrogens with zero attached hydrogens (tertiary/aromatic N) is 4. The molecule has 0 spiro atoms.